The topological polar surface area (TPSA) is 17.1 Å². The van der Waals surface area contributed by atoms with E-state index in [1.165, 1.54) is 49.7 Å². The van der Waals surface area contributed by atoms with Gasteiger partial charge in [-0.25, -0.2) is 0 Å². The number of Topliss-reactive ketones (excluding diaryl/α,β-unsaturated/α-hetero) is 1. The molecule has 0 spiro atoms. The second-order valence-electron chi connectivity index (χ2n) is 7.04. The summed E-state index contributed by atoms with van der Waals surface area (Å²) < 4.78 is 0. The summed E-state index contributed by atoms with van der Waals surface area (Å²) in [6, 6.07) is 8.82. The Balaban J connectivity index is 1.53. The highest BCUT2D eigenvalue weighted by Crippen LogP contribution is 2.61. The van der Waals surface area contributed by atoms with Crippen LogP contribution in [0.15, 0.2) is 24.3 Å². The Morgan fingerprint density at radius 2 is 1.70 bits per heavy atom. The second-order valence-corrected chi connectivity index (χ2v) is 7.04. The van der Waals surface area contributed by atoms with Crippen molar-refractivity contribution < 1.29 is 4.79 Å². The quantitative estimate of drug-likeness (QED) is 0.722. The van der Waals surface area contributed by atoms with Gasteiger partial charge in [-0.05, 0) is 48.6 Å². The predicted octanol–water partition coefficient (Wildman–Crippen LogP) is 4.50. The van der Waals surface area contributed by atoms with Crippen LogP contribution in [0.4, 0.5) is 0 Å². The van der Waals surface area contributed by atoms with Gasteiger partial charge in [0.2, 0.25) is 0 Å². The molecular formula is C19H24O. The molecule has 0 N–H and O–H groups in total. The molecule has 0 saturated heterocycles. The molecule has 3 aliphatic rings. The number of carbonyl (C=O) groups excluding carboxylic acids is 1. The molecule has 1 heteroatoms. The fourth-order valence-corrected chi connectivity index (χ4v) is 4.79. The van der Waals surface area contributed by atoms with Crippen molar-refractivity contribution in [1.82, 2.24) is 0 Å². The average molecular weight is 268 g/mol. The van der Waals surface area contributed by atoms with E-state index < -0.39 is 0 Å². The van der Waals surface area contributed by atoms with Gasteiger partial charge >= 0.3 is 0 Å². The minimum absolute atomic E-state index is 0.377. The lowest BCUT2D eigenvalue weighted by Crippen LogP contribution is -2.17. The summed E-state index contributed by atoms with van der Waals surface area (Å²) in [5.74, 6) is 2.65. The van der Waals surface area contributed by atoms with E-state index in [2.05, 4.69) is 24.3 Å². The lowest BCUT2D eigenvalue weighted by atomic mass is 9.90. The highest BCUT2D eigenvalue weighted by Gasteiger charge is 2.57. The molecule has 1 aromatic rings. The fourth-order valence-electron chi connectivity index (χ4n) is 4.79. The third-order valence-electron chi connectivity index (χ3n) is 5.92. The Hall–Kier alpha value is -1.11. The molecule has 2 fully saturated rings. The van der Waals surface area contributed by atoms with Crippen molar-refractivity contribution in [2.75, 3.05) is 0 Å². The van der Waals surface area contributed by atoms with Gasteiger partial charge in [0.25, 0.3) is 0 Å². The van der Waals surface area contributed by atoms with Gasteiger partial charge in [0.05, 0.1) is 0 Å². The minimum Gasteiger partial charge on any atom is -0.299 e. The summed E-state index contributed by atoms with van der Waals surface area (Å²) in [5.41, 5.74) is 3.00. The molecule has 3 aliphatic carbocycles. The van der Waals surface area contributed by atoms with Crippen molar-refractivity contribution in [3.8, 4) is 0 Å². The molecule has 0 heterocycles. The van der Waals surface area contributed by atoms with E-state index >= 15 is 0 Å². The first-order valence-corrected chi connectivity index (χ1v) is 8.48. The SMILES string of the molecule is O=C(C1CCCCCC1)C1C2CCc3ccccc3C21. The van der Waals surface area contributed by atoms with Crippen LogP contribution in [0.2, 0.25) is 0 Å². The zero-order chi connectivity index (χ0) is 13.5. The summed E-state index contributed by atoms with van der Waals surface area (Å²) in [7, 11) is 0. The van der Waals surface area contributed by atoms with Gasteiger partial charge in [-0.3, -0.25) is 4.79 Å². The van der Waals surface area contributed by atoms with E-state index in [0.717, 1.165) is 12.8 Å². The number of hydrogen-bond acceptors (Lipinski definition) is 1. The van der Waals surface area contributed by atoms with Gasteiger partial charge in [-0.2, -0.15) is 0 Å². The standard InChI is InChI=1S/C19H24O/c20-19(14-8-3-1-2-4-9-14)18-16-12-11-13-7-5-6-10-15(13)17(16)18/h5-7,10,14,16-18H,1-4,8-9,11-12H2. The number of fused-ring (bicyclic) bond motifs is 3. The minimum atomic E-state index is 0.377. The van der Waals surface area contributed by atoms with E-state index in [1.807, 2.05) is 0 Å². The Morgan fingerprint density at radius 3 is 2.50 bits per heavy atom. The van der Waals surface area contributed by atoms with Crippen LogP contribution in [0.1, 0.15) is 62.0 Å². The van der Waals surface area contributed by atoms with Gasteiger partial charge < -0.3 is 0 Å². The summed E-state index contributed by atoms with van der Waals surface area (Å²) in [5, 5.41) is 0. The van der Waals surface area contributed by atoms with E-state index in [9.17, 15) is 4.79 Å². The van der Waals surface area contributed by atoms with Crippen LogP contribution in [-0.4, -0.2) is 5.78 Å². The number of ketones is 1. The Bertz CT molecular complexity index is 510. The highest BCUT2D eigenvalue weighted by atomic mass is 16.1. The molecule has 0 bridgehead atoms. The molecular weight excluding hydrogens is 244 g/mol. The lowest BCUT2D eigenvalue weighted by molar-refractivity contribution is -0.124. The summed E-state index contributed by atoms with van der Waals surface area (Å²) in [4.78, 5) is 12.9. The van der Waals surface area contributed by atoms with Gasteiger partial charge in [-0.15, -0.1) is 0 Å². The van der Waals surface area contributed by atoms with Crippen LogP contribution in [0.5, 0.6) is 0 Å². The molecule has 0 aliphatic heterocycles. The van der Waals surface area contributed by atoms with Gasteiger partial charge in [0, 0.05) is 11.8 Å². The number of hydrogen-bond donors (Lipinski definition) is 0. The Labute approximate surface area is 121 Å². The molecule has 106 valence electrons. The summed E-state index contributed by atoms with van der Waals surface area (Å²) in [6.07, 6.45) is 9.97. The smallest absolute Gasteiger partial charge is 0.139 e. The van der Waals surface area contributed by atoms with Gasteiger partial charge in [0.1, 0.15) is 5.78 Å². The third kappa shape index (κ3) is 2.03. The predicted molar refractivity (Wildman–Crippen MR) is 80.7 cm³/mol. The van der Waals surface area contributed by atoms with Crippen molar-refractivity contribution in [2.24, 2.45) is 17.8 Å². The second kappa shape index (κ2) is 5.02. The van der Waals surface area contributed by atoms with Crippen molar-refractivity contribution in [2.45, 2.75) is 57.3 Å². The van der Waals surface area contributed by atoms with Crippen molar-refractivity contribution in [1.29, 1.82) is 0 Å². The maximum Gasteiger partial charge on any atom is 0.139 e. The molecule has 1 nitrogen and oxygen atoms in total. The Morgan fingerprint density at radius 1 is 0.950 bits per heavy atom. The normalized spacial score (nSPS) is 32.9. The van der Waals surface area contributed by atoms with Crippen molar-refractivity contribution in [3.05, 3.63) is 35.4 Å². The number of aryl methyl sites for hydroxylation is 1. The molecule has 1 aromatic carbocycles. The molecule has 3 atom stereocenters. The molecule has 4 rings (SSSR count). The van der Waals surface area contributed by atoms with Gasteiger partial charge in [0.15, 0.2) is 0 Å². The van der Waals surface area contributed by atoms with Crippen LogP contribution in [0.25, 0.3) is 0 Å². The highest BCUT2D eigenvalue weighted by molar-refractivity contribution is 5.88. The Kier molecular flexibility index (Phi) is 3.17. The van der Waals surface area contributed by atoms with E-state index in [-0.39, 0.29) is 0 Å². The van der Waals surface area contributed by atoms with Crippen LogP contribution in [0.3, 0.4) is 0 Å². The molecule has 20 heavy (non-hydrogen) atoms. The molecule has 0 aromatic heterocycles. The molecule has 0 amide bonds. The van der Waals surface area contributed by atoms with Crippen molar-refractivity contribution >= 4 is 5.78 Å². The largest absolute Gasteiger partial charge is 0.299 e. The van der Waals surface area contributed by atoms with Gasteiger partial charge in [-0.1, -0.05) is 49.9 Å². The summed E-state index contributed by atoms with van der Waals surface area (Å²) >= 11 is 0. The van der Waals surface area contributed by atoms with E-state index in [0.29, 0.717) is 29.5 Å². The zero-order valence-corrected chi connectivity index (χ0v) is 12.2. The molecule has 2 saturated carbocycles. The first kappa shape index (κ1) is 12.6. The van der Waals surface area contributed by atoms with E-state index in [4.69, 9.17) is 0 Å². The molecule has 3 unspecified atom stereocenters. The van der Waals surface area contributed by atoms with Crippen LogP contribution in [-0.2, 0) is 11.2 Å². The average Bonchev–Trinajstić information content (AvgIpc) is 3.26. The van der Waals surface area contributed by atoms with Crippen molar-refractivity contribution in [3.63, 3.8) is 0 Å². The number of carbonyl (C=O) groups is 1. The third-order valence-corrected chi connectivity index (χ3v) is 5.92. The summed E-state index contributed by atoms with van der Waals surface area (Å²) in [6.45, 7) is 0. The zero-order valence-electron chi connectivity index (χ0n) is 12.2. The monoisotopic (exact) mass is 268 g/mol. The number of rotatable bonds is 2. The lowest BCUT2D eigenvalue weighted by Gasteiger charge is -2.13. The van der Waals surface area contributed by atoms with Crippen LogP contribution < -0.4 is 0 Å². The first-order valence-electron chi connectivity index (χ1n) is 8.48. The molecule has 0 radical (unpaired) electrons. The maximum atomic E-state index is 12.9. The first-order chi connectivity index (χ1) is 9.86. The van der Waals surface area contributed by atoms with E-state index in [1.54, 1.807) is 0 Å². The maximum absolute atomic E-state index is 12.9. The number of benzene rings is 1. The fraction of sp³-hybridized carbons (Fsp3) is 0.632. The van der Waals surface area contributed by atoms with Crippen LogP contribution in [0, 0.1) is 17.8 Å². The van der Waals surface area contributed by atoms with Crippen LogP contribution >= 0.6 is 0 Å².